The number of fused-ring (bicyclic) bond motifs is 4. The maximum atomic E-state index is 13.3. The summed E-state index contributed by atoms with van der Waals surface area (Å²) in [6.45, 7) is 2.36. The smallest absolute Gasteiger partial charge is 0.349 e. The van der Waals surface area contributed by atoms with Crippen molar-refractivity contribution in [1.82, 2.24) is 9.88 Å². The Kier molecular flexibility index (Phi) is 4.92. The first kappa shape index (κ1) is 20.4. The Morgan fingerprint density at radius 3 is 2.64 bits per heavy atom. The molecule has 0 atom stereocenters. The van der Waals surface area contributed by atoms with Crippen molar-refractivity contribution in [3.05, 3.63) is 81.1 Å². The van der Waals surface area contributed by atoms with E-state index in [9.17, 15) is 9.59 Å². The molecule has 3 aromatic carbocycles. The maximum Gasteiger partial charge on any atom is 0.349 e. The van der Waals surface area contributed by atoms with E-state index in [1.165, 1.54) is 0 Å². The van der Waals surface area contributed by atoms with E-state index in [4.69, 9.17) is 9.40 Å². The molecule has 1 amide bonds. The van der Waals surface area contributed by atoms with E-state index in [0.29, 0.717) is 31.8 Å². The highest BCUT2D eigenvalue weighted by molar-refractivity contribution is 9.10. The predicted octanol–water partition coefficient (Wildman–Crippen LogP) is 5.28. The summed E-state index contributed by atoms with van der Waals surface area (Å²) in [6.07, 6.45) is 0. The molecule has 8 heteroatoms. The van der Waals surface area contributed by atoms with Crippen molar-refractivity contribution in [1.29, 1.82) is 0 Å². The summed E-state index contributed by atoms with van der Waals surface area (Å²) in [5.74, 6) is -0.286. The van der Waals surface area contributed by atoms with Gasteiger partial charge in [-0.3, -0.25) is 4.79 Å². The quantitative estimate of drug-likeness (QED) is 0.234. The molecule has 0 aliphatic carbocycles. The number of halogens is 1. The highest BCUT2D eigenvalue weighted by Crippen LogP contribution is 2.31. The molecule has 33 heavy (non-hydrogen) atoms. The third-order valence-electron chi connectivity index (χ3n) is 6.05. The lowest BCUT2D eigenvalue weighted by molar-refractivity contribution is 0.0742. The second kappa shape index (κ2) is 7.97. The summed E-state index contributed by atoms with van der Waals surface area (Å²) in [6, 6.07) is 19.3. The monoisotopic (exact) mass is 519 g/mol. The Labute approximate surface area is 201 Å². The third kappa shape index (κ3) is 3.59. The zero-order chi connectivity index (χ0) is 22.5. The lowest BCUT2D eigenvalue weighted by atomic mass is 10.0. The second-order valence-corrected chi connectivity index (χ2v) is 9.96. The van der Waals surface area contributed by atoms with Crippen LogP contribution >= 0.6 is 27.3 Å². The number of anilines is 1. The molecular weight excluding hydrogens is 502 g/mol. The van der Waals surface area contributed by atoms with E-state index in [1.54, 1.807) is 28.4 Å². The summed E-state index contributed by atoms with van der Waals surface area (Å²) >= 11 is 5.15. The summed E-state index contributed by atoms with van der Waals surface area (Å²) in [5, 5.41) is 3.72. The first-order valence-electron chi connectivity index (χ1n) is 10.6. The van der Waals surface area contributed by atoms with Crippen LogP contribution < -0.4 is 10.5 Å². The third-order valence-corrected chi connectivity index (χ3v) is 7.62. The van der Waals surface area contributed by atoms with Crippen LogP contribution in [0.25, 0.3) is 32.0 Å². The average molecular weight is 520 g/mol. The van der Waals surface area contributed by atoms with Crippen LogP contribution in [0.15, 0.2) is 74.3 Å². The number of carbonyl (C=O) groups excluding carboxylic acids is 1. The van der Waals surface area contributed by atoms with E-state index in [-0.39, 0.29) is 11.5 Å². The Bertz CT molecular complexity index is 1600. The van der Waals surface area contributed by atoms with Gasteiger partial charge in [0, 0.05) is 36.0 Å². The van der Waals surface area contributed by atoms with Crippen LogP contribution in [-0.2, 0) is 0 Å². The fraction of sp³-hybridized carbons (Fsp3) is 0.160. The average Bonchev–Trinajstić information content (AvgIpc) is 3.26. The van der Waals surface area contributed by atoms with E-state index in [2.05, 4.69) is 26.9 Å². The van der Waals surface area contributed by atoms with Crippen LogP contribution in [0, 0.1) is 0 Å². The maximum absolute atomic E-state index is 13.3. The van der Waals surface area contributed by atoms with Crippen LogP contribution in [0.1, 0.15) is 10.4 Å². The minimum Gasteiger partial charge on any atom is -0.422 e. The number of piperazine rings is 1. The lowest BCUT2D eigenvalue weighted by Crippen LogP contribution is -2.49. The SMILES string of the molecule is O=C(c1cc2c(ccc3ccccc32)oc1=O)N1CCN(c2nc3ccc(Br)cc3s2)CC1. The van der Waals surface area contributed by atoms with Crippen LogP contribution in [0.5, 0.6) is 0 Å². The van der Waals surface area contributed by atoms with Crippen molar-refractivity contribution in [3.63, 3.8) is 0 Å². The molecule has 6 rings (SSSR count). The molecular formula is C25H18BrN3O3S. The van der Waals surface area contributed by atoms with Gasteiger partial charge in [-0.15, -0.1) is 0 Å². The van der Waals surface area contributed by atoms with Gasteiger partial charge in [-0.1, -0.05) is 57.6 Å². The molecule has 0 spiro atoms. The number of rotatable bonds is 2. The van der Waals surface area contributed by atoms with Gasteiger partial charge in [0.05, 0.1) is 10.2 Å². The Morgan fingerprint density at radius 1 is 0.970 bits per heavy atom. The molecule has 1 fully saturated rings. The van der Waals surface area contributed by atoms with Crippen LogP contribution in [0.2, 0.25) is 0 Å². The van der Waals surface area contributed by atoms with Gasteiger partial charge in [-0.05, 0) is 41.1 Å². The van der Waals surface area contributed by atoms with Gasteiger partial charge in [-0.25, -0.2) is 9.78 Å². The largest absolute Gasteiger partial charge is 0.422 e. The van der Waals surface area contributed by atoms with Gasteiger partial charge in [0.15, 0.2) is 5.13 Å². The molecule has 0 unspecified atom stereocenters. The Morgan fingerprint density at radius 2 is 1.79 bits per heavy atom. The Hall–Kier alpha value is -3.23. The standard InChI is InChI=1S/C25H18BrN3O3S/c26-16-6-7-20-22(13-16)33-25(27-20)29-11-9-28(10-12-29)23(30)19-14-18-17-4-2-1-3-15(17)5-8-21(18)32-24(19)31/h1-8,13-14H,9-12H2. The van der Waals surface area contributed by atoms with E-state index in [1.807, 2.05) is 42.5 Å². The molecule has 0 radical (unpaired) electrons. The molecule has 164 valence electrons. The molecule has 1 saturated heterocycles. The zero-order valence-corrected chi connectivity index (χ0v) is 19.9. The molecule has 0 saturated carbocycles. The summed E-state index contributed by atoms with van der Waals surface area (Å²) in [5.41, 5.74) is 0.944. The number of nitrogens with zero attached hydrogens (tertiary/aromatic N) is 3. The molecule has 1 aliphatic rings. The van der Waals surface area contributed by atoms with Gasteiger partial charge < -0.3 is 14.2 Å². The predicted molar refractivity (Wildman–Crippen MR) is 135 cm³/mol. The van der Waals surface area contributed by atoms with E-state index in [0.717, 1.165) is 36.0 Å². The lowest BCUT2D eigenvalue weighted by Gasteiger charge is -2.34. The summed E-state index contributed by atoms with van der Waals surface area (Å²) in [4.78, 5) is 34.5. The number of carbonyl (C=O) groups is 1. The molecule has 2 aromatic heterocycles. The number of aromatic nitrogens is 1. The van der Waals surface area contributed by atoms with Crippen LogP contribution in [0.4, 0.5) is 5.13 Å². The normalized spacial score (nSPS) is 14.5. The molecule has 3 heterocycles. The van der Waals surface area contributed by atoms with Gasteiger partial charge in [-0.2, -0.15) is 0 Å². The number of hydrogen-bond donors (Lipinski definition) is 0. The summed E-state index contributed by atoms with van der Waals surface area (Å²) in [7, 11) is 0. The minimum atomic E-state index is -0.595. The highest BCUT2D eigenvalue weighted by atomic mass is 79.9. The molecule has 1 aliphatic heterocycles. The molecule has 6 nitrogen and oxygen atoms in total. The van der Waals surface area contributed by atoms with Crippen molar-refractivity contribution in [2.75, 3.05) is 31.1 Å². The van der Waals surface area contributed by atoms with Gasteiger partial charge in [0.1, 0.15) is 11.1 Å². The first-order valence-corrected chi connectivity index (χ1v) is 12.2. The second-order valence-electron chi connectivity index (χ2n) is 8.03. The highest BCUT2D eigenvalue weighted by Gasteiger charge is 2.26. The van der Waals surface area contributed by atoms with Gasteiger partial charge in [0.25, 0.3) is 5.91 Å². The van der Waals surface area contributed by atoms with Gasteiger partial charge in [0.2, 0.25) is 0 Å². The first-order chi connectivity index (χ1) is 16.1. The number of amides is 1. The topological polar surface area (TPSA) is 66.7 Å². The fourth-order valence-corrected chi connectivity index (χ4v) is 5.88. The zero-order valence-electron chi connectivity index (χ0n) is 17.5. The van der Waals surface area contributed by atoms with Crippen molar-refractivity contribution >= 4 is 70.3 Å². The molecule has 0 bridgehead atoms. The van der Waals surface area contributed by atoms with Crippen LogP contribution in [0.3, 0.4) is 0 Å². The van der Waals surface area contributed by atoms with Crippen molar-refractivity contribution in [2.45, 2.75) is 0 Å². The van der Waals surface area contributed by atoms with Crippen molar-refractivity contribution in [2.24, 2.45) is 0 Å². The van der Waals surface area contributed by atoms with Crippen molar-refractivity contribution in [3.8, 4) is 0 Å². The molecule has 0 N–H and O–H groups in total. The summed E-state index contributed by atoms with van der Waals surface area (Å²) < 4.78 is 7.68. The number of thiazole rings is 1. The van der Waals surface area contributed by atoms with E-state index < -0.39 is 5.63 Å². The fourth-order valence-electron chi connectivity index (χ4n) is 4.31. The molecule has 5 aromatic rings. The van der Waals surface area contributed by atoms with E-state index >= 15 is 0 Å². The van der Waals surface area contributed by atoms with Crippen molar-refractivity contribution < 1.29 is 9.21 Å². The van der Waals surface area contributed by atoms with Gasteiger partial charge >= 0.3 is 5.63 Å². The minimum absolute atomic E-state index is 0.0807. The Balaban J connectivity index is 1.26. The number of benzene rings is 3. The van der Waals surface area contributed by atoms with Crippen LogP contribution in [-0.4, -0.2) is 42.0 Å². The number of hydrogen-bond acceptors (Lipinski definition) is 6.